The normalized spacial score (nSPS) is 20.5. The Morgan fingerprint density at radius 1 is 1.39 bits per heavy atom. The van der Waals surface area contributed by atoms with Crippen LogP contribution in [-0.4, -0.2) is 47.9 Å². The monoisotopic (exact) mass is 249 g/mol. The van der Waals surface area contributed by atoms with Gasteiger partial charge in [-0.1, -0.05) is 12.1 Å². The lowest BCUT2D eigenvalue weighted by molar-refractivity contribution is -0.384. The van der Waals surface area contributed by atoms with Gasteiger partial charge in [0.05, 0.1) is 4.92 Å². The molecule has 18 heavy (non-hydrogen) atoms. The van der Waals surface area contributed by atoms with Crippen LogP contribution in [-0.2, 0) is 6.54 Å². The largest absolute Gasteiger partial charge is 0.305 e. The lowest BCUT2D eigenvalue weighted by Crippen LogP contribution is -2.31. The average Bonchev–Trinajstić information content (AvgIpc) is 2.78. The molecule has 0 saturated carbocycles. The van der Waals surface area contributed by atoms with Crippen molar-refractivity contribution in [3.05, 3.63) is 39.9 Å². The van der Waals surface area contributed by atoms with Gasteiger partial charge in [0.1, 0.15) is 0 Å². The molecular formula is C13H19N3O2. The quantitative estimate of drug-likeness (QED) is 0.602. The highest BCUT2D eigenvalue weighted by Crippen LogP contribution is 2.18. The van der Waals surface area contributed by atoms with Gasteiger partial charge in [0.2, 0.25) is 0 Å². The van der Waals surface area contributed by atoms with Crippen LogP contribution in [0.15, 0.2) is 24.3 Å². The molecule has 0 aromatic heterocycles. The van der Waals surface area contributed by atoms with E-state index >= 15 is 0 Å². The average molecular weight is 249 g/mol. The second-order valence-corrected chi connectivity index (χ2v) is 5.06. The van der Waals surface area contributed by atoms with E-state index in [9.17, 15) is 10.1 Å². The van der Waals surface area contributed by atoms with Crippen molar-refractivity contribution in [1.82, 2.24) is 9.80 Å². The number of likely N-dealkylation sites (N-methyl/N-ethyl adjacent to an activating group) is 1. The van der Waals surface area contributed by atoms with E-state index in [4.69, 9.17) is 0 Å². The first-order valence-corrected chi connectivity index (χ1v) is 6.18. The van der Waals surface area contributed by atoms with Crippen LogP contribution < -0.4 is 0 Å². The second-order valence-electron chi connectivity index (χ2n) is 5.06. The summed E-state index contributed by atoms with van der Waals surface area (Å²) in [5.74, 6) is 0. The molecule has 1 aromatic rings. The summed E-state index contributed by atoms with van der Waals surface area (Å²) in [7, 11) is 4.22. The van der Waals surface area contributed by atoms with Gasteiger partial charge >= 0.3 is 0 Å². The topological polar surface area (TPSA) is 49.6 Å². The van der Waals surface area contributed by atoms with Crippen molar-refractivity contribution in [3.8, 4) is 0 Å². The van der Waals surface area contributed by atoms with Crippen molar-refractivity contribution < 1.29 is 4.92 Å². The van der Waals surface area contributed by atoms with Crippen molar-refractivity contribution in [2.75, 3.05) is 27.2 Å². The first kappa shape index (κ1) is 13.0. The number of likely N-dealkylation sites (tertiary alicyclic amines) is 1. The molecule has 5 nitrogen and oxygen atoms in total. The molecule has 98 valence electrons. The summed E-state index contributed by atoms with van der Waals surface area (Å²) in [6.45, 7) is 3.05. The molecule has 1 aliphatic heterocycles. The van der Waals surface area contributed by atoms with Crippen molar-refractivity contribution in [3.63, 3.8) is 0 Å². The molecule has 1 aromatic carbocycles. The maximum absolute atomic E-state index is 10.6. The third kappa shape index (κ3) is 3.05. The summed E-state index contributed by atoms with van der Waals surface area (Å²) in [6.07, 6.45) is 1.19. The van der Waals surface area contributed by atoms with Crippen LogP contribution in [0.4, 0.5) is 5.69 Å². The molecule has 1 unspecified atom stereocenters. The number of nitro benzene ring substituents is 1. The Hall–Kier alpha value is -1.46. The predicted octanol–water partition coefficient (Wildman–Crippen LogP) is 1.73. The second kappa shape index (κ2) is 5.46. The fourth-order valence-corrected chi connectivity index (χ4v) is 2.36. The van der Waals surface area contributed by atoms with Crippen LogP contribution in [0, 0.1) is 10.1 Å². The molecule has 1 aliphatic rings. The summed E-state index contributed by atoms with van der Waals surface area (Å²) in [5, 5.41) is 10.6. The summed E-state index contributed by atoms with van der Waals surface area (Å²) in [4.78, 5) is 14.9. The highest BCUT2D eigenvalue weighted by molar-refractivity contribution is 5.32. The third-order valence-corrected chi connectivity index (χ3v) is 3.53. The Labute approximate surface area is 107 Å². The lowest BCUT2D eigenvalue weighted by atomic mass is 10.2. The number of non-ortho nitro benzene ring substituents is 1. The molecule has 0 aliphatic carbocycles. The fraction of sp³-hybridized carbons (Fsp3) is 0.538. The minimum Gasteiger partial charge on any atom is -0.305 e. The van der Waals surface area contributed by atoms with E-state index < -0.39 is 0 Å². The maximum atomic E-state index is 10.6. The zero-order valence-electron chi connectivity index (χ0n) is 10.9. The number of benzene rings is 1. The van der Waals surface area contributed by atoms with Gasteiger partial charge in [0.25, 0.3) is 5.69 Å². The number of nitrogens with zero attached hydrogens (tertiary/aromatic N) is 3. The van der Waals surface area contributed by atoms with Crippen LogP contribution in [0.1, 0.15) is 12.0 Å². The Balaban J connectivity index is 1.92. The Morgan fingerprint density at radius 2 is 2.06 bits per heavy atom. The molecule has 1 saturated heterocycles. The van der Waals surface area contributed by atoms with Crippen molar-refractivity contribution >= 4 is 5.69 Å². The highest BCUT2D eigenvalue weighted by atomic mass is 16.6. The molecule has 0 N–H and O–H groups in total. The zero-order valence-corrected chi connectivity index (χ0v) is 10.9. The van der Waals surface area contributed by atoms with Crippen LogP contribution in [0.2, 0.25) is 0 Å². The van der Waals surface area contributed by atoms with E-state index in [1.165, 1.54) is 6.42 Å². The standard InChI is InChI=1S/C13H19N3O2/c1-14(2)13-7-8-15(10-13)9-11-3-5-12(6-4-11)16(17)18/h3-6,13H,7-10H2,1-2H3. The molecule has 0 bridgehead atoms. The van der Waals surface area contributed by atoms with Gasteiger partial charge in [-0.15, -0.1) is 0 Å². The SMILES string of the molecule is CN(C)C1CCN(Cc2ccc([N+](=O)[O-])cc2)C1. The number of hydrogen-bond acceptors (Lipinski definition) is 4. The van der Waals surface area contributed by atoms with Crippen molar-refractivity contribution in [2.24, 2.45) is 0 Å². The van der Waals surface area contributed by atoms with Gasteiger partial charge in [-0.2, -0.15) is 0 Å². The third-order valence-electron chi connectivity index (χ3n) is 3.53. The molecule has 5 heteroatoms. The first-order valence-electron chi connectivity index (χ1n) is 6.18. The molecule has 0 radical (unpaired) electrons. The number of rotatable bonds is 4. The van der Waals surface area contributed by atoms with Crippen LogP contribution >= 0.6 is 0 Å². The molecule has 1 atom stereocenters. The smallest absolute Gasteiger partial charge is 0.269 e. The highest BCUT2D eigenvalue weighted by Gasteiger charge is 2.23. The molecule has 2 rings (SSSR count). The van der Waals surface area contributed by atoms with Crippen molar-refractivity contribution in [1.29, 1.82) is 0 Å². The summed E-state index contributed by atoms with van der Waals surface area (Å²) < 4.78 is 0. The van der Waals surface area contributed by atoms with Crippen LogP contribution in [0.25, 0.3) is 0 Å². The predicted molar refractivity (Wildman–Crippen MR) is 70.5 cm³/mol. The minimum absolute atomic E-state index is 0.159. The van der Waals surface area contributed by atoms with Crippen molar-refractivity contribution in [2.45, 2.75) is 19.0 Å². The molecular weight excluding hydrogens is 230 g/mol. The Morgan fingerprint density at radius 3 is 2.56 bits per heavy atom. The Bertz CT molecular complexity index is 417. The van der Waals surface area contributed by atoms with Gasteiger partial charge in [0, 0.05) is 37.8 Å². The lowest BCUT2D eigenvalue weighted by Gasteiger charge is -2.20. The molecule has 0 amide bonds. The zero-order chi connectivity index (χ0) is 13.1. The van der Waals surface area contributed by atoms with Gasteiger partial charge in [-0.3, -0.25) is 15.0 Å². The van der Waals surface area contributed by atoms with Crippen LogP contribution in [0.5, 0.6) is 0 Å². The first-order chi connectivity index (χ1) is 8.56. The summed E-state index contributed by atoms with van der Waals surface area (Å²) in [6, 6.07) is 7.48. The number of nitro groups is 1. The van der Waals surface area contributed by atoms with E-state index in [0.29, 0.717) is 6.04 Å². The van der Waals surface area contributed by atoms with Gasteiger partial charge in [0.15, 0.2) is 0 Å². The van der Waals surface area contributed by atoms with E-state index in [1.807, 2.05) is 12.1 Å². The van der Waals surface area contributed by atoms with Crippen LogP contribution in [0.3, 0.4) is 0 Å². The van der Waals surface area contributed by atoms with Gasteiger partial charge in [-0.05, 0) is 26.1 Å². The van der Waals surface area contributed by atoms with E-state index in [1.54, 1.807) is 12.1 Å². The van der Waals surface area contributed by atoms with E-state index in [-0.39, 0.29) is 10.6 Å². The van der Waals surface area contributed by atoms with E-state index in [2.05, 4.69) is 23.9 Å². The fourth-order valence-electron chi connectivity index (χ4n) is 2.36. The minimum atomic E-state index is -0.359. The summed E-state index contributed by atoms with van der Waals surface area (Å²) in [5.41, 5.74) is 1.30. The van der Waals surface area contributed by atoms with Gasteiger partial charge in [-0.25, -0.2) is 0 Å². The maximum Gasteiger partial charge on any atom is 0.269 e. The molecule has 1 heterocycles. The Kier molecular flexibility index (Phi) is 3.93. The molecule has 0 spiro atoms. The molecule has 1 fully saturated rings. The number of hydrogen-bond donors (Lipinski definition) is 0. The summed E-state index contributed by atoms with van der Waals surface area (Å²) >= 11 is 0. The van der Waals surface area contributed by atoms with Gasteiger partial charge < -0.3 is 4.90 Å². The van der Waals surface area contributed by atoms with E-state index in [0.717, 1.165) is 25.2 Å².